The highest BCUT2D eigenvalue weighted by molar-refractivity contribution is 5.97. The number of rotatable bonds is 24. The number of benzene rings is 4. The van der Waals surface area contributed by atoms with Crippen LogP contribution in [-0.4, -0.2) is 143 Å². The second kappa shape index (κ2) is 25.4. The molecule has 0 spiro atoms. The van der Waals surface area contributed by atoms with E-state index in [0.29, 0.717) is 22.3 Å². The zero-order valence-electron chi connectivity index (χ0n) is 37.5. The number of phenols is 4. The van der Waals surface area contributed by atoms with Crippen LogP contribution in [0.3, 0.4) is 0 Å². The number of aliphatic hydroxyl groups is 3. The Bertz CT molecular complexity index is 2380. The number of hydrogen-bond donors (Lipinski definition) is 15. The van der Waals surface area contributed by atoms with Gasteiger partial charge >= 0.3 is 5.97 Å². The third-order valence-electron chi connectivity index (χ3n) is 10.7. The van der Waals surface area contributed by atoms with Gasteiger partial charge in [-0.2, -0.15) is 0 Å². The van der Waals surface area contributed by atoms with Crippen LogP contribution >= 0.6 is 0 Å². The minimum Gasteiger partial charge on any atom is -0.508 e. The molecule has 4 aromatic carbocycles. The van der Waals surface area contributed by atoms with Gasteiger partial charge in [-0.15, -0.1) is 0 Å². The van der Waals surface area contributed by atoms with Crippen molar-refractivity contribution in [1.82, 2.24) is 31.9 Å². The van der Waals surface area contributed by atoms with Crippen molar-refractivity contribution in [3.8, 4) is 23.0 Å². The predicted molar refractivity (Wildman–Crippen MR) is 245 cm³/mol. The van der Waals surface area contributed by atoms with Crippen LogP contribution in [0, 0.1) is 0 Å². The second-order valence-electron chi connectivity index (χ2n) is 16.3. The van der Waals surface area contributed by atoms with Crippen LogP contribution in [0.15, 0.2) is 97.1 Å². The summed E-state index contributed by atoms with van der Waals surface area (Å²) in [5.74, 6) is -8.11. The first-order chi connectivity index (χ1) is 32.6. The fourth-order valence-corrected chi connectivity index (χ4v) is 6.79. The topological polar surface area (TPSA) is 380 Å². The van der Waals surface area contributed by atoms with Crippen LogP contribution in [0.1, 0.15) is 36.1 Å². The van der Waals surface area contributed by atoms with E-state index in [9.17, 15) is 74.4 Å². The van der Waals surface area contributed by atoms with E-state index in [-0.39, 0.29) is 48.7 Å². The molecule has 0 aliphatic carbocycles. The Morgan fingerprint density at radius 3 is 1.01 bits per heavy atom. The lowest BCUT2D eigenvalue weighted by Gasteiger charge is -2.28. The SMILES string of the molecule is C[C@@H](O)[C@H](NC(=O)[C@H](Cc1ccc(O)cc1)NC(=O)[C@H](Cc1ccc(O)cc1)NC(=O)[C@H](CO)NC(=O)[C@@H](NC(=O)[C@H](Cc1ccc(O)cc1)NC(=O)[C@@H](N)Cc1ccc(O)cc1)[C@@H](C)O)C(=O)O. The molecule has 9 atom stereocenters. The number of nitrogens with two attached hydrogens (primary N) is 1. The highest BCUT2D eigenvalue weighted by Crippen LogP contribution is 2.16. The summed E-state index contributed by atoms with van der Waals surface area (Å²) in [5.41, 5.74) is 7.97. The van der Waals surface area contributed by atoms with Gasteiger partial charge < -0.3 is 78.5 Å². The maximum atomic E-state index is 14.1. The Morgan fingerprint density at radius 2 is 0.696 bits per heavy atom. The third kappa shape index (κ3) is 16.8. The lowest BCUT2D eigenvalue weighted by atomic mass is 10.0. The molecular weight excluding hydrogens is 903 g/mol. The molecule has 16 N–H and O–H groups in total. The minimum absolute atomic E-state index is 0.00681. The number of carbonyl (C=O) groups excluding carboxylic acids is 6. The van der Waals surface area contributed by atoms with Gasteiger partial charge in [-0.25, -0.2) is 4.79 Å². The number of carboxylic acid groups (broad SMARTS) is 1. The Hall–Kier alpha value is -7.79. The van der Waals surface area contributed by atoms with E-state index in [1.807, 2.05) is 0 Å². The lowest BCUT2D eigenvalue weighted by Crippen LogP contribution is -2.62. The molecule has 22 heteroatoms. The summed E-state index contributed by atoms with van der Waals surface area (Å²) in [6.45, 7) is 1.17. The van der Waals surface area contributed by atoms with Crippen molar-refractivity contribution in [2.24, 2.45) is 5.73 Å². The predicted octanol–water partition coefficient (Wildman–Crippen LogP) is -2.15. The van der Waals surface area contributed by atoms with Gasteiger partial charge in [-0.3, -0.25) is 28.8 Å². The molecule has 0 saturated heterocycles. The first kappa shape index (κ1) is 53.8. The number of carboxylic acids is 1. The molecule has 6 amide bonds. The quantitative estimate of drug-likeness (QED) is 0.0356. The highest BCUT2D eigenvalue weighted by Gasteiger charge is 2.36. The maximum Gasteiger partial charge on any atom is 0.328 e. The molecule has 370 valence electrons. The Balaban J connectivity index is 1.55. The average Bonchev–Trinajstić information content (AvgIpc) is 3.30. The van der Waals surface area contributed by atoms with Crippen molar-refractivity contribution in [2.75, 3.05) is 6.61 Å². The van der Waals surface area contributed by atoms with Crippen LogP contribution in [0.4, 0.5) is 0 Å². The van der Waals surface area contributed by atoms with Gasteiger partial charge in [0.15, 0.2) is 6.04 Å². The van der Waals surface area contributed by atoms with Gasteiger partial charge in [0.25, 0.3) is 0 Å². The van der Waals surface area contributed by atoms with Gasteiger partial charge in [0.2, 0.25) is 35.4 Å². The first-order valence-electron chi connectivity index (χ1n) is 21.5. The summed E-state index contributed by atoms with van der Waals surface area (Å²) in [6.07, 6.45) is -4.00. The molecule has 4 rings (SSSR count). The van der Waals surface area contributed by atoms with E-state index in [0.717, 1.165) is 13.8 Å². The number of aromatic hydroxyl groups is 4. The average molecular weight is 960 g/mol. The molecule has 4 aromatic rings. The standard InChI is InChI=1S/C47H57N7O15/c1-24(56)39(53-43(64)36(21-28-7-15-32(60)16-8-28)49-41(62)34(48)19-26-3-11-30(58)12-4-26)46(67)52-38(23-55)45(66)51-35(20-27-5-13-31(59)14-6-27)42(63)50-37(22-29-9-17-33(61)18-10-29)44(65)54-40(25(2)57)47(68)69/h3-18,24-25,34-40,55-61H,19-23,48H2,1-2H3,(H,49,62)(H,50,63)(H,51,66)(H,52,67)(H,53,64)(H,54,65)(H,68,69)/t24-,25-,34+,35+,36+,37+,38+,39+,40+/m1/s1. The number of amides is 6. The molecule has 0 unspecified atom stereocenters. The minimum atomic E-state index is -1.85. The van der Waals surface area contributed by atoms with Crippen LogP contribution in [0.25, 0.3) is 0 Å². The normalized spacial score (nSPS) is 15.0. The number of phenolic OH excluding ortho intramolecular Hbond substituents is 4. The van der Waals surface area contributed by atoms with Gasteiger partial charge in [-0.05, 0) is 91.1 Å². The van der Waals surface area contributed by atoms with Gasteiger partial charge in [0, 0.05) is 19.3 Å². The van der Waals surface area contributed by atoms with Crippen molar-refractivity contribution in [1.29, 1.82) is 0 Å². The molecule has 0 radical (unpaired) electrons. The molecule has 0 fully saturated rings. The lowest BCUT2D eigenvalue weighted by molar-refractivity contribution is -0.145. The number of aliphatic carboxylic acids is 1. The van der Waals surface area contributed by atoms with Crippen molar-refractivity contribution < 1.29 is 74.4 Å². The molecule has 0 bridgehead atoms. The van der Waals surface area contributed by atoms with Crippen LogP contribution in [-0.2, 0) is 59.2 Å². The monoisotopic (exact) mass is 959 g/mol. The van der Waals surface area contributed by atoms with E-state index in [2.05, 4.69) is 31.9 Å². The smallest absolute Gasteiger partial charge is 0.328 e. The fraction of sp³-hybridized carbons (Fsp3) is 0.340. The van der Waals surface area contributed by atoms with Crippen molar-refractivity contribution in [2.45, 2.75) is 94.0 Å². The number of aliphatic hydroxyl groups excluding tert-OH is 3. The van der Waals surface area contributed by atoms with Gasteiger partial charge in [0.05, 0.1) is 24.9 Å². The maximum absolute atomic E-state index is 14.1. The summed E-state index contributed by atoms with van der Waals surface area (Å²) >= 11 is 0. The highest BCUT2D eigenvalue weighted by atomic mass is 16.4. The molecular formula is C47H57N7O15. The molecule has 0 aliphatic rings. The number of carbonyl (C=O) groups is 7. The zero-order valence-corrected chi connectivity index (χ0v) is 37.5. The van der Waals surface area contributed by atoms with Crippen LogP contribution < -0.4 is 37.6 Å². The van der Waals surface area contributed by atoms with Gasteiger partial charge in [-0.1, -0.05) is 48.5 Å². The van der Waals surface area contributed by atoms with Gasteiger partial charge in [0.1, 0.15) is 53.2 Å². The molecule has 22 nitrogen and oxygen atoms in total. The molecule has 0 aliphatic heterocycles. The fourth-order valence-electron chi connectivity index (χ4n) is 6.79. The van der Waals surface area contributed by atoms with Crippen molar-refractivity contribution in [3.63, 3.8) is 0 Å². The van der Waals surface area contributed by atoms with E-state index in [1.54, 1.807) is 12.1 Å². The third-order valence-corrected chi connectivity index (χ3v) is 10.7. The first-order valence-corrected chi connectivity index (χ1v) is 21.5. The Labute approximate surface area is 395 Å². The van der Waals surface area contributed by atoms with E-state index in [4.69, 9.17) is 5.73 Å². The van der Waals surface area contributed by atoms with Crippen LogP contribution in [0.5, 0.6) is 23.0 Å². The number of hydrogen-bond acceptors (Lipinski definition) is 15. The summed E-state index contributed by atoms with van der Waals surface area (Å²) < 4.78 is 0. The van der Waals surface area contributed by atoms with Crippen LogP contribution in [0.2, 0.25) is 0 Å². The number of nitrogens with one attached hydrogen (secondary N) is 6. The Kier molecular flexibility index (Phi) is 19.8. The van der Waals surface area contributed by atoms with E-state index in [1.165, 1.54) is 84.9 Å². The summed E-state index contributed by atoms with van der Waals surface area (Å²) in [4.78, 5) is 94.3. The van der Waals surface area contributed by atoms with E-state index >= 15 is 0 Å². The van der Waals surface area contributed by atoms with Crippen molar-refractivity contribution in [3.05, 3.63) is 119 Å². The summed E-state index contributed by atoms with van der Waals surface area (Å²) in [5, 5.41) is 94.0. The molecule has 69 heavy (non-hydrogen) atoms. The van der Waals surface area contributed by atoms with E-state index < -0.39 is 103 Å². The Morgan fingerprint density at radius 1 is 0.420 bits per heavy atom. The molecule has 0 aromatic heterocycles. The largest absolute Gasteiger partial charge is 0.508 e. The summed E-state index contributed by atoms with van der Waals surface area (Å²) in [7, 11) is 0. The zero-order chi connectivity index (χ0) is 50.9. The molecule has 0 saturated carbocycles. The molecule has 0 heterocycles. The second-order valence-corrected chi connectivity index (χ2v) is 16.3. The summed E-state index contributed by atoms with van der Waals surface area (Å²) in [6, 6.07) is 11.2. The van der Waals surface area contributed by atoms with Crippen molar-refractivity contribution >= 4 is 41.4 Å².